The number of nitrogens with zero attached hydrogens (tertiary/aromatic N) is 2. The molecule has 0 spiro atoms. The van der Waals surface area contributed by atoms with E-state index in [4.69, 9.17) is 0 Å². The van der Waals surface area contributed by atoms with Gasteiger partial charge in [0.05, 0.1) is 11.4 Å². The minimum Gasteiger partial charge on any atom is -0.313 e. The summed E-state index contributed by atoms with van der Waals surface area (Å²) in [4.78, 5) is 0. The Bertz CT molecular complexity index is 284. The molecule has 0 aliphatic rings. The second-order valence-electron chi connectivity index (χ2n) is 3.49. The molecule has 1 aromatic rings. The molecule has 0 aliphatic heterocycles. The van der Waals surface area contributed by atoms with Gasteiger partial charge in [-0.1, -0.05) is 13.8 Å². The summed E-state index contributed by atoms with van der Waals surface area (Å²) < 4.78 is 0. The Balaban J connectivity index is 2.67. The first-order valence-corrected chi connectivity index (χ1v) is 5.30. The third-order valence-electron chi connectivity index (χ3n) is 2.16. The molecule has 0 bridgehead atoms. The molecule has 1 rings (SSSR count). The monoisotopic (exact) mass is 193 g/mol. The van der Waals surface area contributed by atoms with E-state index in [-0.39, 0.29) is 0 Å². The molecule has 0 aliphatic carbocycles. The Kier molecular flexibility index (Phi) is 4.53. The van der Waals surface area contributed by atoms with E-state index < -0.39 is 0 Å². The predicted molar refractivity (Wildman–Crippen MR) is 58.1 cm³/mol. The van der Waals surface area contributed by atoms with Crippen LogP contribution >= 0.6 is 0 Å². The van der Waals surface area contributed by atoms with Crippen LogP contribution in [0.5, 0.6) is 0 Å². The van der Waals surface area contributed by atoms with Crippen molar-refractivity contribution in [2.45, 2.75) is 40.2 Å². The fourth-order valence-electron chi connectivity index (χ4n) is 1.42. The van der Waals surface area contributed by atoms with Crippen molar-refractivity contribution < 1.29 is 0 Å². The second kappa shape index (κ2) is 5.70. The van der Waals surface area contributed by atoms with Crippen molar-refractivity contribution in [1.82, 2.24) is 15.5 Å². The number of rotatable bonds is 5. The van der Waals surface area contributed by atoms with Gasteiger partial charge in [-0.15, -0.1) is 0 Å². The van der Waals surface area contributed by atoms with Crippen LogP contribution in [0.3, 0.4) is 0 Å². The van der Waals surface area contributed by atoms with Gasteiger partial charge in [-0.25, -0.2) is 0 Å². The summed E-state index contributed by atoms with van der Waals surface area (Å²) in [7, 11) is 0. The van der Waals surface area contributed by atoms with E-state index in [9.17, 15) is 0 Å². The largest absolute Gasteiger partial charge is 0.313 e. The molecule has 0 aromatic carbocycles. The van der Waals surface area contributed by atoms with E-state index in [0.29, 0.717) is 0 Å². The van der Waals surface area contributed by atoms with Gasteiger partial charge in [-0.3, -0.25) is 0 Å². The quantitative estimate of drug-likeness (QED) is 0.725. The summed E-state index contributed by atoms with van der Waals surface area (Å²) in [6, 6.07) is 2.12. The zero-order valence-electron chi connectivity index (χ0n) is 9.30. The van der Waals surface area contributed by atoms with Crippen LogP contribution in [0.15, 0.2) is 6.07 Å². The van der Waals surface area contributed by atoms with Crippen molar-refractivity contribution in [3.63, 3.8) is 0 Å². The van der Waals surface area contributed by atoms with Crippen LogP contribution in [0.25, 0.3) is 0 Å². The molecule has 0 atom stereocenters. The van der Waals surface area contributed by atoms with Crippen LogP contribution in [-0.4, -0.2) is 16.7 Å². The van der Waals surface area contributed by atoms with Gasteiger partial charge in [-0.05, 0) is 37.9 Å². The Morgan fingerprint density at radius 2 is 2.07 bits per heavy atom. The van der Waals surface area contributed by atoms with Crippen molar-refractivity contribution in [3.8, 4) is 0 Å². The van der Waals surface area contributed by atoms with Crippen molar-refractivity contribution >= 4 is 0 Å². The first-order chi connectivity index (χ1) is 6.77. The van der Waals surface area contributed by atoms with Gasteiger partial charge in [0, 0.05) is 6.54 Å². The lowest BCUT2D eigenvalue weighted by Crippen LogP contribution is -2.16. The number of aryl methyl sites for hydroxylation is 2. The molecule has 0 saturated heterocycles. The fraction of sp³-hybridized carbons (Fsp3) is 0.636. The van der Waals surface area contributed by atoms with Gasteiger partial charge in [0.2, 0.25) is 0 Å². The molecule has 0 unspecified atom stereocenters. The molecule has 0 radical (unpaired) electrons. The molecular formula is C11H19N3. The molecule has 0 saturated carbocycles. The minimum absolute atomic E-state index is 0.910. The molecule has 1 aromatic heterocycles. The lowest BCUT2D eigenvalue weighted by molar-refractivity contribution is 0.663. The van der Waals surface area contributed by atoms with Crippen molar-refractivity contribution in [1.29, 1.82) is 0 Å². The number of aromatic nitrogens is 2. The smallest absolute Gasteiger partial charge is 0.0673 e. The normalized spacial score (nSPS) is 10.5. The molecular weight excluding hydrogens is 174 g/mol. The van der Waals surface area contributed by atoms with E-state index in [0.717, 1.165) is 30.9 Å². The maximum atomic E-state index is 4.19. The SMILES string of the molecule is CCCNCc1cc(C)nnc1CC. The van der Waals surface area contributed by atoms with Gasteiger partial charge in [0.1, 0.15) is 0 Å². The third-order valence-corrected chi connectivity index (χ3v) is 2.16. The van der Waals surface area contributed by atoms with Gasteiger partial charge >= 0.3 is 0 Å². The topological polar surface area (TPSA) is 37.8 Å². The molecule has 3 heteroatoms. The van der Waals surface area contributed by atoms with E-state index in [1.54, 1.807) is 0 Å². The van der Waals surface area contributed by atoms with E-state index in [1.165, 1.54) is 12.0 Å². The minimum atomic E-state index is 0.910. The highest BCUT2D eigenvalue weighted by Crippen LogP contribution is 2.06. The summed E-state index contributed by atoms with van der Waals surface area (Å²) in [5.74, 6) is 0. The van der Waals surface area contributed by atoms with E-state index in [2.05, 4.69) is 35.4 Å². The van der Waals surface area contributed by atoms with Gasteiger partial charge in [-0.2, -0.15) is 10.2 Å². The highest BCUT2D eigenvalue weighted by atomic mass is 15.1. The molecule has 0 fully saturated rings. The third kappa shape index (κ3) is 3.07. The average Bonchev–Trinajstić information content (AvgIpc) is 2.19. The first-order valence-electron chi connectivity index (χ1n) is 5.30. The molecule has 3 nitrogen and oxygen atoms in total. The highest BCUT2D eigenvalue weighted by molar-refractivity contribution is 5.20. The number of hydrogen-bond donors (Lipinski definition) is 1. The van der Waals surface area contributed by atoms with Crippen LogP contribution in [0.2, 0.25) is 0 Å². The van der Waals surface area contributed by atoms with Crippen LogP contribution in [0, 0.1) is 6.92 Å². The zero-order valence-corrected chi connectivity index (χ0v) is 9.30. The second-order valence-corrected chi connectivity index (χ2v) is 3.49. The summed E-state index contributed by atoms with van der Waals surface area (Å²) in [6.07, 6.45) is 2.12. The molecule has 0 amide bonds. The summed E-state index contributed by atoms with van der Waals surface area (Å²) in [6.45, 7) is 8.24. The molecule has 1 heterocycles. The summed E-state index contributed by atoms with van der Waals surface area (Å²) in [5.41, 5.74) is 3.39. The zero-order chi connectivity index (χ0) is 10.4. The standard InChI is InChI=1S/C11H19N3/c1-4-6-12-8-10-7-9(3)13-14-11(10)5-2/h7,12H,4-6,8H2,1-3H3. The Morgan fingerprint density at radius 3 is 2.71 bits per heavy atom. The Hall–Kier alpha value is -0.960. The van der Waals surface area contributed by atoms with Crippen LogP contribution in [-0.2, 0) is 13.0 Å². The highest BCUT2D eigenvalue weighted by Gasteiger charge is 2.02. The van der Waals surface area contributed by atoms with E-state index in [1.807, 2.05) is 6.92 Å². The van der Waals surface area contributed by atoms with Crippen molar-refractivity contribution in [3.05, 3.63) is 23.0 Å². The Labute approximate surface area is 85.9 Å². The molecule has 14 heavy (non-hydrogen) atoms. The average molecular weight is 193 g/mol. The van der Waals surface area contributed by atoms with Gasteiger partial charge in [0.25, 0.3) is 0 Å². The fourth-order valence-corrected chi connectivity index (χ4v) is 1.42. The van der Waals surface area contributed by atoms with Gasteiger partial charge in [0.15, 0.2) is 0 Å². The number of nitrogens with one attached hydrogen (secondary N) is 1. The van der Waals surface area contributed by atoms with Crippen LogP contribution in [0.1, 0.15) is 37.2 Å². The van der Waals surface area contributed by atoms with Crippen molar-refractivity contribution in [2.75, 3.05) is 6.54 Å². The first kappa shape index (κ1) is 11.1. The van der Waals surface area contributed by atoms with E-state index >= 15 is 0 Å². The molecule has 78 valence electrons. The maximum absolute atomic E-state index is 4.19. The maximum Gasteiger partial charge on any atom is 0.0673 e. The molecule has 1 N–H and O–H groups in total. The van der Waals surface area contributed by atoms with Crippen LogP contribution < -0.4 is 5.32 Å². The lowest BCUT2D eigenvalue weighted by atomic mass is 10.1. The summed E-state index contributed by atoms with van der Waals surface area (Å²) >= 11 is 0. The Morgan fingerprint density at radius 1 is 1.29 bits per heavy atom. The lowest BCUT2D eigenvalue weighted by Gasteiger charge is -2.07. The predicted octanol–water partition coefficient (Wildman–Crippen LogP) is 1.85. The van der Waals surface area contributed by atoms with Gasteiger partial charge < -0.3 is 5.32 Å². The summed E-state index contributed by atoms with van der Waals surface area (Å²) in [5, 5.41) is 11.6. The number of hydrogen-bond acceptors (Lipinski definition) is 3. The van der Waals surface area contributed by atoms with Crippen LogP contribution in [0.4, 0.5) is 0 Å². The van der Waals surface area contributed by atoms with Crippen molar-refractivity contribution in [2.24, 2.45) is 0 Å².